The summed E-state index contributed by atoms with van der Waals surface area (Å²) < 4.78 is 43.2. The van der Waals surface area contributed by atoms with Crippen molar-refractivity contribution in [3.05, 3.63) is 45.6 Å². The molecule has 1 aromatic heterocycles. The van der Waals surface area contributed by atoms with Crippen molar-refractivity contribution < 1.29 is 22.5 Å². The maximum atomic E-state index is 12.7. The molecule has 1 aliphatic rings. The Morgan fingerprint density at radius 1 is 1.28 bits per heavy atom. The molecule has 0 aliphatic carbocycles. The van der Waals surface area contributed by atoms with E-state index < -0.39 is 11.7 Å². The Balaban J connectivity index is 1.68. The Bertz CT molecular complexity index is 783. The van der Waals surface area contributed by atoms with Crippen molar-refractivity contribution in [2.24, 2.45) is 0 Å². The topological polar surface area (TPSA) is 72.4 Å². The van der Waals surface area contributed by atoms with Crippen LogP contribution in [-0.2, 0) is 6.18 Å². The van der Waals surface area contributed by atoms with Crippen LogP contribution < -0.4 is 5.73 Å². The maximum Gasteiger partial charge on any atom is 0.416 e. The molecule has 5 nitrogen and oxygen atoms in total. The Hall–Kier alpha value is -2.03. The molecule has 1 aliphatic heterocycles. The van der Waals surface area contributed by atoms with Crippen LogP contribution in [0.25, 0.3) is 0 Å². The Labute approximate surface area is 150 Å². The number of aromatic nitrogens is 1. The number of carbonyl (C=O) groups excluding carboxylic acids is 1. The van der Waals surface area contributed by atoms with Gasteiger partial charge in [-0.25, -0.2) is 0 Å². The SMILES string of the molecule is Nc1cc(C2CCN(C(=O)c3ccc(C(F)(F)F)cc3Br)CC2)no1. The fourth-order valence-corrected chi connectivity index (χ4v) is 3.46. The number of benzene rings is 1. The van der Waals surface area contributed by atoms with Crippen LogP contribution in [0.15, 0.2) is 33.3 Å². The van der Waals surface area contributed by atoms with Gasteiger partial charge in [-0.15, -0.1) is 0 Å². The van der Waals surface area contributed by atoms with Gasteiger partial charge in [0.15, 0.2) is 0 Å². The molecule has 0 spiro atoms. The summed E-state index contributed by atoms with van der Waals surface area (Å²) in [4.78, 5) is 14.2. The summed E-state index contributed by atoms with van der Waals surface area (Å²) in [6, 6.07) is 4.73. The summed E-state index contributed by atoms with van der Waals surface area (Å²) in [5.41, 5.74) is 5.71. The molecule has 0 atom stereocenters. The van der Waals surface area contributed by atoms with E-state index in [1.165, 1.54) is 6.07 Å². The molecule has 0 bridgehead atoms. The van der Waals surface area contributed by atoms with E-state index in [4.69, 9.17) is 10.3 Å². The molecule has 1 aromatic carbocycles. The predicted octanol–water partition coefficient (Wildman–Crippen LogP) is 4.06. The van der Waals surface area contributed by atoms with E-state index in [0.717, 1.165) is 17.8 Å². The quantitative estimate of drug-likeness (QED) is 0.799. The monoisotopic (exact) mass is 417 g/mol. The van der Waals surface area contributed by atoms with Crippen molar-refractivity contribution in [1.29, 1.82) is 0 Å². The number of halogens is 4. The third-order valence-electron chi connectivity index (χ3n) is 4.27. The van der Waals surface area contributed by atoms with Crippen LogP contribution in [0.1, 0.15) is 40.4 Å². The average molecular weight is 418 g/mol. The Morgan fingerprint density at radius 3 is 2.48 bits per heavy atom. The third kappa shape index (κ3) is 3.81. The van der Waals surface area contributed by atoms with Gasteiger partial charge in [0.05, 0.1) is 16.8 Å². The minimum Gasteiger partial charge on any atom is -0.368 e. The highest BCUT2D eigenvalue weighted by Gasteiger charge is 2.32. The van der Waals surface area contributed by atoms with Crippen LogP contribution in [0.5, 0.6) is 0 Å². The maximum absolute atomic E-state index is 12.7. The first kappa shape index (κ1) is 17.8. The van der Waals surface area contributed by atoms with Crippen LogP contribution in [0, 0.1) is 0 Å². The number of amides is 1. The number of likely N-dealkylation sites (tertiary alicyclic amines) is 1. The number of hydrogen-bond acceptors (Lipinski definition) is 4. The van der Waals surface area contributed by atoms with E-state index >= 15 is 0 Å². The van der Waals surface area contributed by atoms with Crippen molar-refractivity contribution >= 4 is 27.7 Å². The molecule has 134 valence electrons. The molecule has 0 unspecified atom stereocenters. The van der Waals surface area contributed by atoms with Crippen LogP contribution in [0.4, 0.5) is 19.1 Å². The van der Waals surface area contributed by atoms with Crippen molar-refractivity contribution in [3.8, 4) is 0 Å². The molecule has 0 radical (unpaired) electrons. The molecule has 2 N–H and O–H groups in total. The second-order valence-electron chi connectivity index (χ2n) is 5.91. The van der Waals surface area contributed by atoms with E-state index in [0.29, 0.717) is 25.9 Å². The van der Waals surface area contributed by atoms with E-state index in [-0.39, 0.29) is 27.7 Å². The minimum atomic E-state index is -4.44. The molecule has 1 fully saturated rings. The number of nitrogen functional groups attached to an aromatic ring is 1. The zero-order chi connectivity index (χ0) is 18.2. The number of alkyl halides is 3. The van der Waals surface area contributed by atoms with E-state index in [2.05, 4.69) is 21.1 Å². The molecule has 2 heterocycles. The molecular weight excluding hydrogens is 403 g/mol. The van der Waals surface area contributed by atoms with Crippen molar-refractivity contribution in [1.82, 2.24) is 10.1 Å². The summed E-state index contributed by atoms with van der Waals surface area (Å²) in [6.07, 6.45) is -3.06. The lowest BCUT2D eigenvalue weighted by molar-refractivity contribution is -0.137. The van der Waals surface area contributed by atoms with Crippen molar-refractivity contribution in [2.75, 3.05) is 18.8 Å². The standard InChI is InChI=1S/C16H15BrF3N3O2/c17-12-7-10(16(18,19)20)1-2-11(12)15(24)23-5-3-9(4-6-23)13-8-14(21)25-22-13/h1-2,7-9H,3-6,21H2. The molecule has 9 heteroatoms. The van der Waals surface area contributed by atoms with Crippen molar-refractivity contribution in [2.45, 2.75) is 24.9 Å². The highest BCUT2D eigenvalue weighted by atomic mass is 79.9. The van der Waals surface area contributed by atoms with Crippen molar-refractivity contribution in [3.63, 3.8) is 0 Å². The van der Waals surface area contributed by atoms with Crippen LogP contribution in [0.2, 0.25) is 0 Å². The number of anilines is 1. The van der Waals surface area contributed by atoms with Gasteiger partial charge >= 0.3 is 6.18 Å². The number of nitrogens with two attached hydrogens (primary N) is 1. The van der Waals surface area contributed by atoms with Gasteiger partial charge in [0.2, 0.25) is 5.88 Å². The summed E-state index contributed by atoms with van der Waals surface area (Å²) in [5.74, 6) is 0.113. The smallest absolute Gasteiger partial charge is 0.368 e. The lowest BCUT2D eigenvalue weighted by Crippen LogP contribution is -2.38. The fraction of sp³-hybridized carbons (Fsp3) is 0.375. The van der Waals surface area contributed by atoms with Crippen LogP contribution in [-0.4, -0.2) is 29.1 Å². The number of hydrogen-bond donors (Lipinski definition) is 1. The number of piperidine rings is 1. The third-order valence-corrected chi connectivity index (χ3v) is 4.93. The average Bonchev–Trinajstić information content (AvgIpc) is 3.00. The lowest BCUT2D eigenvalue weighted by atomic mass is 9.93. The summed E-state index contributed by atoms with van der Waals surface area (Å²) >= 11 is 3.07. The first-order valence-electron chi connectivity index (χ1n) is 7.64. The molecular formula is C16H15BrF3N3O2. The van der Waals surface area contributed by atoms with Crippen LogP contribution >= 0.6 is 15.9 Å². The number of nitrogens with zero attached hydrogens (tertiary/aromatic N) is 2. The normalized spacial score (nSPS) is 16.2. The summed E-state index contributed by atoms with van der Waals surface area (Å²) in [6.45, 7) is 0.980. The summed E-state index contributed by atoms with van der Waals surface area (Å²) in [7, 11) is 0. The molecule has 1 saturated heterocycles. The number of carbonyl (C=O) groups is 1. The Morgan fingerprint density at radius 2 is 1.96 bits per heavy atom. The molecule has 2 aromatic rings. The van der Waals surface area contributed by atoms with Gasteiger partial charge in [-0.3, -0.25) is 4.79 Å². The van der Waals surface area contributed by atoms with Gasteiger partial charge in [-0.2, -0.15) is 13.2 Å². The minimum absolute atomic E-state index is 0.138. The predicted molar refractivity (Wildman–Crippen MR) is 87.9 cm³/mol. The zero-order valence-corrected chi connectivity index (χ0v) is 14.6. The summed E-state index contributed by atoms with van der Waals surface area (Å²) in [5, 5.41) is 3.90. The highest BCUT2D eigenvalue weighted by molar-refractivity contribution is 9.10. The first-order chi connectivity index (χ1) is 11.8. The van der Waals surface area contributed by atoms with Gasteiger partial charge in [-0.1, -0.05) is 5.16 Å². The van der Waals surface area contributed by atoms with Crippen LogP contribution in [0.3, 0.4) is 0 Å². The van der Waals surface area contributed by atoms with Gasteiger partial charge < -0.3 is 15.2 Å². The van der Waals surface area contributed by atoms with E-state index in [1.54, 1.807) is 11.0 Å². The van der Waals surface area contributed by atoms with Gasteiger partial charge in [0.25, 0.3) is 5.91 Å². The molecule has 3 rings (SSSR count). The second kappa shape index (κ2) is 6.70. The number of rotatable bonds is 2. The zero-order valence-electron chi connectivity index (χ0n) is 13.0. The van der Waals surface area contributed by atoms with Gasteiger partial charge in [0, 0.05) is 29.5 Å². The largest absolute Gasteiger partial charge is 0.416 e. The van der Waals surface area contributed by atoms with E-state index in [9.17, 15) is 18.0 Å². The lowest BCUT2D eigenvalue weighted by Gasteiger charge is -2.31. The molecule has 25 heavy (non-hydrogen) atoms. The van der Waals surface area contributed by atoms with Gasteiger partial charge in [-0.05, 0) is 47.0 Å². The molecule has 1 amide bonds. The van der Waals surface area contributed by atoms with Gasteiger partial charge in [0.1, 0.15) is 0 Å². The molecule has 0 saturated carbocycles. The Kier molecular flexibility index (Phi) is 4.77. The first-order valence-corrected chi connectivity index (χ1v) is 8.43. The van der Waals surface area contributed by atoms with E-state index in [1.807, 2.05) is 0 Å². The fourth-order valence-electron chi connectivity index (χ4n) is 2.91. The highest BCUT2D eigenvalue weighted by Crippen LogP contribution is 2.33. The second-order valence-corrected chi connectivity index (χ2v) is 6.77.